The third-order valence-electron chi connectivity index (χ3n) is 4.91. The van der Waals surface area contributed by atoms with E-state index in [2.05, 4.69) is 32.2 Å². The Morgan fingerprint density at radius 3 is 2.75 bits per heavy atom. The molecule has 1 aliphatic heterocycles. The van der Waals surface area contributed by atoms with E-state index >= 15 is 0 Å². The predicted molar refractivity (Wildman–Crippen MR) is 109 cm³/mol. The number of aromatic nitrogens is 3. The number of nitrogens with zero attached hydrogens (tertiary/aromatic N) is 3. The molecule has 0 spiro atoms. The summed E-state index contributed by atoms with van der Waals surface area (Å²) in [7, 11) is 1.62. The molecule has 1 saturated heterocycles. The van der Waals surface area contributed by atoms with Crippen LogP contribution >= 0.6 is 11.8 Å². The third kappa shape index (κ3) is 6.32. The van der Waals surface area contributed by atoms with Gasteiger partial charge < -0.3 is 15.0 Å². The lowest BCUT2D eigenvalue weighted by molar-refractivity contribution is -0.919. The van der Waals surface area contributed by atoms with E-state index in [-0.39, 0.29) is 5.91 Å². The summed E-state index contributed by atoms with van der Waals surface area (Å²) >= 11 is 1.44. The number of piperidine rings is 1. The van der Waals surface area contributed by atoms with E-state index in [0.717, 1.165) is 24.1 Å². The van der Waals surface area contributed by atoms with Crippen molar-refractivity contribution in [2.24, 2.45) is 0 Å². The van der Waals surface area contributed by atoms with Gasteiger partial charge in [0.1, 0.15) is 6.54 Å². The van der Waals surface area contributed by atoms with Crippen LogP contribution in [0.25, 0.3) is 0 Å². The molecule has 8 heteroatoms. The van der Waals surface area contributed by atoms with E-state index in [9.17, 15) is 4.79 Å². The Bertz CT molecular complexity index is 731. The number of hydrogen-bond donors (Lipinski definition) is 2. The van der Waals surface area contributed by atoms with E-state index in [0.29, 0.717) is 18.9 Å². The van der Waals surface area contributed by atoms with Crippen molar-refractivity contribution in [3.05, 3.63) is 41.7 Å². The van der Waals surface area contributed by atoms with Crippen LogP contribution in [0, 0.1) is 0 Å². The SMILES string of the molecule is COCCNC(=O)CSc1nnc(C[NH+]2CCCCC2)n1Cc1ccccc1. The molecule has 2 aromatic rings. The van der Waals surface area contributed by atoms with Gasteiger partial charge in [-0.15, -0.1) is 10.2 Å². The largest absolute Gasteiger partial charge is 0.383 e. The van der Waals surface area contributed by atoms with Gasteiger partial charge in [0.15, 0.2) is 11.0 Å². The lowest BCUT2D eigenvalue weighted by Crippen LogP contribution is -3.11. The van der Waals surface area contributed by atoms with E-state index in [1.807, 2.05) is 18.2 Å². The highest BCUT2D eigenvalue weighted by Crippen LogP contribution is 2.18. The van der Waals surface area contributed by atoms with Crippen molar-refractivity contribution in [1.82, 2.24) is 20.1 Å². The molecule has 2 N–H and O–H groups in total. The van der Waals surface area contributed by atoms with Crippen LogP contribution < -0.4 is 10.2 Å². The molecule has 28 heavy (non-hydrogen) atoms. The Labute approximate surface area is 170 Å². The molecule has 0 saturated carbocycles. The molecule has 0 aliphatic carbocycles. The molecule has 0 atom stereocenters. The minimum Gasteiger partial charge on any atom is -0.383 e. The Morgan fingerprint density at radius 1 is 1.21 bits per heavy atom. The molecule has 2 heterocycles. The van der Waals surface area contributed by atoms with Crippen molar-refractivity contribution in [2.45, 2.75) is 37.5 Å². The summed E-state index contributed by atoms with van der Waals surface area (Å²) in [4.78, 5) is 13.6. The minimum absolute atomic E-state index is 0.0143. The van der Waals surface area contributed by atoms with Crippen LogP contribution in [0.5, 0.6) is 0 Å². The van der Waals surface area contributed by atoms with Crippen LogP contribution in [0.2, 0.25) is 0 Å². The minimum atomic E-state index is -0.0143. The summed E-state index contributed by atoms with van der Waals surface area (Å²) in [6.45, 7) is 5.05. The molecule has 152 valence electrons. The Kier molecular flexibility index (Phi) is 8.32. The number of nitrogens with one attached hydrogen (secondary N) is 2. The molecule has 3 rings (SSSR count). The van der Waals surface area contributed by atoms with Gasteiger partial charge in [-0.3, -0.25) is 9.36 Å². The number of ether oxygens (including phenoxy) is 1. The average molecular weight is 405 g/mol. The Balaban J connectivity index is 1.68. The fourth-order valence-corrected chi connectivity index (χ4v) is 4.19. The summed E-state index contributed by atoms with van der Waals surface area (Å²) in [6, 6.07) is 10.3. The van der Waals surface area contributed by atoms with Crippen molar-refractivity contribution in [1.29, 1.82) is 0 Å². The number of rotatable bonds is 10. The Morgan fingerprint density at radius 2 is 2.00 bits per heavy atom. The maximum atomic E-state index is 12.0. The molecule has 0 unspecified atom stereocenters. The average Bonchev–Trinajstić information content (AvgIpc) is 3.09. The second-order valence-corrected chi connectivity index (χ2v) is 8.03. The smallest absolute Gasteiger partial charge is 0.230 e. The molecular weight excluding hydrogens is 374 g/mol. The summed E-state index contributed by atoms with van der Waals surface area (Å²) in [5.41, 5.74) is 1.21. The molecule has 0 bridgehead atoms. The number of thioether (sulfide) groups is 1. The molecule has 1 fully saturated rings. The number of methoxy groups -OCH3 is 1. The van der Waals surface area contributed by atoms with Gasteiger partial charge in [-0.25, -0.2) is 0 Å². The van der Waals surface area contributed by atoms with Gasteiger partial charge in [0, 0.05) is 13.7 Å². The first-order chi connectivity index (χ1) is 13.8. The lowest BCUT2D eigenvalue weighted by atomic mass is 10.1. The van der Waals surface area contributed by atoms with Gasteiger partial charge in [0.2, 0.25) is 5.91 Å². The highest BCUT2D eigenvalue weighted by molar-refractivity contribution is 7.99. The van der Waals surface area contributed by atoms with Crippen LogP contribution in [-0.4, -0.2) is 59.8 Å². The quantitative estimate of drug-likeness (QED) is 0.452. The number of quaternary nitrogens is 1. The second kappa shape index (κ2) is 11.2. The van der Waals surface area contributed by atoms with Gasteiger partial charge in [-0.2, -0.15) is 0 Å². The first kappa shape index (κ1) is 20.8. The molecule has 1 aromatic carbocycles. The van der Waals surface area contributed by atoms with E-state index in [1.54, 1.807) is 12.0 Å². The van der Waals surface area contributed by atoms with Gasteiger partial charge in [-0.05, 0) is 24.8 Å². The van der Waals surface area contributed by atoms with Gasteiger partial charge in [0.25, 0.3) is 0 Å². The first-order valence-corrected chi connectivity index (χ1v) is 10.9. The number of carbonyl (C=O) groups excluding carboxylic acids is 1. The number of amides is 1. The second-order valence-electron chi connectivity index (χ2n) is 7.09. The zero-order valence-electron chi connectivity index (χ0n) is 16.5. The highest BCUT2D eigenvalue weighted by atomic mass is 32.2. The fourth-order valence-electron chi connectivity index (χ4n) is 3.41. The summed E-state index contributed by atoms with van der Waals surface area (Å²) in [5, 5.41) is 12.5. The van der Waals surface area contributed by atoms with Crippen molar-refractivity contribution in [3.63, 3.8) is 0 Å². The zero-order valence-corrected chi connectivity index (χ0v) is 17.3. The van der Waals surface area contributed by atoms with Crippen LogP contribution in [0.15, 0.2) is 35.5 Å². The summed E-state index contributed by atoms with van der Waals surface area (Å²) in [6.07, 6.45) is 3.90. The molecule has 1 aliphatic rings. The zero-order chi connectivity index (χ0) is 19.6. The van der Waals surface area contributed by atoms with E-state index in [4.69, 9.17) is 4.74 Å². The van der Waals surface area contributed by atoms with Crippen molar-refractivity contribution < 1.29 is 14.4 Å². The lowest BCUT2D eigenvalue weighted by Gasteiger charge is -2.23. The fraction of sp³-hybridized carbons (Fsp3) is 0.550. The van der Waals surface area contributed by atoms with Gasteiger partial charge >= 0.3 is 0 Å². The first-order valence-electron chi connectivity index (χ1n) is 9.94. The molecule has 7 nitrogen and oxygen atoms in total. The topological polar surface area (TPSA) is 73.5 Å². The molecular formula is C20H30N5O2S+. The maximum Gasteiger partial charge on any atom is 0.230 e. The number of benzene rings is 1. The maximum absolute atomic E-state index is 12.0. The van der Waals surface area contributed by atoms with Crippen LogP contribution in [0.4, 0.5) is 0 Å². The number of hydrogen-bond acceptors (Lipinski definition) is 5. The normalized spacial score (nSPS) is 14.9. The van der Waals surface area contributed by atoms with Crippen LogP contribution in [0.3, 0.4) is 0 Å². The predicted octanol–water partition coefficient (Wildman–Crippen LogP) is 0.750. The van der Waals surface area contributed by atoms with Crippen molar-refractivity contribution in [2.75, 3.05) is 39.1 Å². The third-order valence-corrected chi connectivity index (χ3v) is 5.87. The standard InChI is InChI=1S/C20H29N5O2S/c1-27-13-10-21-19(26)16-28-20-23-22-18(15-24-11-6-3-7-12-24)25(20)14-17-8-4-2-5-9-17/h2,4-5,8-9H,3,6-7,10-16H2,1H3,(H,21,26)/p+1. The summed E-state index contributed by atoms with van der Waals surface area (Å²) in [5.74, 6) is 1.32. The van der Waals surface area contributed by atoms with E-state index in [1.165, 1.54) is 49.7 Å². The van der Waals surface area contributed by atoms with Crippen LogP contribution in [-0.2, 0) is 22.6 Å². The van der Waals surface area contributed by atoms with Gasteiger partial charge in [0.05, 0.1) is 32.0 Å². The monoisotopic (exact) mass is 404 g/mol. The van der Waals surface area contributed by atoms with Crippen molar-refractivity contribution in [3.8, 4) is 0 Å². The molecule has 0 radical (unpaired) electrons. The van der Waals surface area contributed by atoms with E-state index < -0.39 is 0 Å². The molecule has 1 amide bonds. The van der Waals surface area contributed by atoms with Crippen molar-refractivity contribution >= 4 is 17.7 Å². The highest BCUT2D eigenvalue weighted by Gasteiger charge is 2.20. The summed E-state index contributed by atoms with van der Waals surface area (Å²) < 4.78 is 7.14. The molecule has 1 aromatic heterocycles. The van der Waals surface area contributed by atoms with Crippen LogP contribution in [0.1, 0.15) is 30.7 Å². The Hall–Kier alpha value is -1.90. The number of likely N-dealkylation sites (tertiary alicyclic amines) is 1. The number of carbonyl (C=O) groups is 1. The van der Waals surface area contributed by atoms with Gasteiger partial charge in [-0.1, -0.05) is 42.1 Å².